The Morgan fingerprint density at radius 3 is 2.64 bits per heavy atom. The minimum atomic E-state index is -0.606. The Kier molecular flexibility index (Phi) is 4.93. The van der Waals surface area contributed by atoms with Gasteiger partial charge in [-0.25, -0.2) is 0 Å². The second kappa shape index (κ2) is 7.09. The van der Waals surface area contributed by atoms with Gasteiger partial charge in [0.1, 0.15) is 0 Å². The second-order valence-corrected chi connectivity index (χ2v) is 6.12. The van der Waals surface area contributed by atoms with E-state index in [2.05, 4.69) is 52.6 Å². The van der Waals surface area contributed by atoms with Gasteiger partial charge in [-0.3, -0.25) is 0 Å². The lowest BCUT2D eigenvalue weighted by atomic mass is 9.94. The molecule has 1 aromatic heterocycles. The maximum absolute atomic E-state index is 10.4. The van der Waals surface area contributed by atoms with Crippen molar-refractivity contribution < 1.29 is 9.84 Å². The van der Waals surface area contributed by atoms with Gasteiger partial charge in [0.2, 0.25) is 0 Å². The summed E-state index contributed by atoms with van der Waals surface area (Å²) in [5.74, 6) is 0. The van der Waals surface area contributed by atoms with Crippen molar-refractivity contribution in [1.29, 1.82) is 0 Å². The molecular weight excluding hydrogens is 276 g/mol. The summed E-state index contributed by atoms with van der Waals surface area (Å²) in [4.78, 5) is 0. The van der Waals surface area contributed by atoms with Crippen LogP contribution in [0.15, 0.2) is 48.8 Å². The van der Waals surface area contributed by atoms with Crippen LogP contribution in [0.4, 0.5) is 0 Å². The van der Waals surface area contributed by atoms with E-state index in [0.717, 1.165) is 25.9 Å². The van der Waals surface area contributed by atoms with Crippen LogP contribution in [0.2, 0.25) is 0 Å². The highest BCUT2D eigenvalue weighted by molar-refractivity contribution is 5.17. The first kappa shape index (κ1) is 15.3. The molecule has 0 radical (unpaired) electrons. The monoisotopic (exact) mass is 300 g/mol. The summed E-state index contributed by atoms with van der Waals surface area (Å²) in [5.41, 5.74) is 1.94. The normalized spacial score (nSPS) is 17.5. The predicted molar refractivity (Wildman–Crippen MR) is 86.7 cm³/mol. The number of benzene rings is 1. The van der Waals surface area contributed by atoms with Crippen molar-refractivity contribution in [2.24, 2.45) is 0 Å². The van der Waals surface area contributed by atoms with Gasteiger partial charge in [0.05, 0.1) is 5.60 Å². The van der Waals surface area contributed by atoms with Crippen LogP contribution in [0.3, 0.4) is 0 Å². The Labute approximate surface area is 131 Å². The predicted octanol–water partition coefficient (Wildman–Crippen LogP) is 2.17. The van der Waals surface area contributed by atoms with Crippen molar-refractivity contribution in [3.8, 4) is 0 Å². The molecule has 1 aliphatic heterocycles. The first-order valence-corrected chi connectivity index (χ1v) is 7.93. The highest BCUT2D eigenvalue weighted by Gasteiger charge is 2.29. The second-order valence-electron chi connectivity index (χ2n) is 6.12. The SMILES string of the molecule is OC1(CNCc2ccn(Cc3ccccc3)c2)CCOCC1. The molecule has 0 atom stereocenters. The molecular formula is C18H24N2O2. The van der Waals surface area contributed by atoms with E-state index in [1.165, 1.54) is 11.1 Å². The largest absolute Gasteiger partial charge is 0.388 e. The van der Waals surface area contributed by atoms with Crippen molar-refractivity contribution in [2.45, 2.75) is 31.5 Å². The van der Waals surface area contributed by atoms with Gasteiger partial charge in [-0.1, -0.05) is 30.3 Å². The van der Waals surface area contributed by atoms with Crippen LogP contribution >= 0.6 is 0 Å². The molecule has 3 rings (SSSR count). The van der Waals surface area contributed by atoms with Crippen molar-refractivity contribution in [3.05, 3.63) is 59.9 Å². The maximum Gasteiger partial charge on any atom is 0.0815 e. The minimum Gasteiger partial charge on any atom is -0.388 e. The Morgan fingerprint density at radius 1 is 1.09 bits per heavy atom. The molecule has 118 valence electrons. The van der Waals surface area contributed by atoms with E-state index in [0.29, 0.717) is 19.8 Å². The summed E-state index contributed by atoms with van der Waals surface area (Å²) in [6.45, 7) is 3.62. The number of hydrogen-bond donors (Lipinski definition) is 2. The third-order valence-electron chi connectivity index (χ3n) is 4.23. The number of ether oxygens (including phenoxy) is 1. The number of hydrogen-bond acceptors (Lipinski definition) is 3. The van der Waals surface area contributed by atoms with Gasteiger partial charge in [-0.2, -0.15) is 0 Å². The van der Waals surface area contributed by atoms with E-state index in [9.17, 15) is 5.11 Å². The summed E-state index contributed by atoms with van der Waals surface area (Å²) in [7, 11) is 0. The van der Waals surface area contributed by atoms with Crippen LogP contribution in [-0.4, -0.2) is 35.0 Å². The third-order valence-corrected chi connectivity index (χ3v) is 4.23. The first-order valence-electron chi connectivity index (χ1n) is 7.93. The zero-order valence-corrected chi connectivity index (χ0v) is 12.9. The molecule has 1 aromatic carbocycles. The molecule has 0 bridgehead atoms. The first-order chi connectivity index (χ1) is 10.7. The molecule has 1 saturated heterocycles. The standard InChI is InChI=1S/C18H24N2O2/c21-18(7-10-22-11-8-18)15-19-12-17-6-9-20(14-17)13-16-4-2-1-3-5-16/h1-6,9,14,19,21H,7-8,10-13,15H2. The number of nitrogens with one attached hydrogen (secondary N) is 1. The minimum absolute atomic E-state index is 0.606. The smallest absolute Gasteiger partial charge is 0.0815 e. The maximum atomic E-state index is 10.4. The summed E-state index contributed by atoms with van der Waals surface area (Å²) < 4.78 is 7.49. The summed E-state index contributed by atoms with van der Waals surface area (Å²) >= 11 is 0. The molecule has 4 nitrogen and oxygen atoms in total. The van der Waals surface area contributed by atoms with E-state index >= 15 is 0 Å². The number of aliphatic hydroxyl groups is 1. The molecule has 2 heterocycles. The van der Waals surface area contributed by atoms with Crippen molar-refractivity contribution in [3.63, 3.8) is 0 Å². The van der Waals surface area contributed by atoms with E-state index < -0.39 is 5.60 Å². The molecule has 0 saturated carbocycles. The molecule has 2 aromatic rings. The van der Waals surface area contributed by atoms with Crippen LogP contribution in [0.1, 0.15) is 24.0 Å². The highest BCUT2D eigenvalue weighted by atomic mass is 16.5. The number of nitrogens with zero attached hydrogens (tertiary/aromatic N) is 1. The lowest BCUT2D eigenvalue weighted by molar-refractivity contribution is -0.0617. The van der Waals surface area contributed by atoms with Gasteiger partial charge in [0.25, 0.3) is 0 Å². The van der Waals surface area contributed by atoms with E-state index in [1.54, 1.807) is 0 Å². The fraction of sp³-hybridized carbons (Fsp3) is 0.444. The number of aromatic nitrogens is 1. The molecule has 0 aliphatic carbocycles. The zero-order valence-electron chi connectivity index (χ0n) is 12.9. The molecule has 0 amide bonds. The molecule has 1 aliphatic rings. The summed E-state index contributed by atoms with van der Waals surface area (Å²) in [6.07, 6.45) is 5.70. The van der Waals surface area contributed by atoms with Crippen LogP contribution in [0.5, 0.6) is 0 Å². The lowest BCUT2D eigenvalue weighted by Crippen LogP contribution is -2.44. The molecule has 4 heteroatoms. The molecule has 2 N–H and O–H groups in total. The Hall–Kier alpha value is -1.62. The average Bonchev–Trinajstić information content (AvgIpc) is 2.96. The average molecular weight is 300 g/mol. The molecule has 0 unspecified atom stereocenters. The number of rotatable bonds is 6. The van der Waals surface area contributed by atoms with E-state index in [-0.39, 0.29) is 0 Å². The molecule has 0 spiro atoms. The quantitative estimate of drug-likeness (QED) is 0.859. The van der Waals surface area contributed by atoms with Crippen molar-refractivity contribution >= 4 is 0 Å². The fourth-order valence-corrected chi connectivity index (χ4v) is 2.86. The van der Waals surface area contributed by atoms with E-state index in [4.69, 9.17) is 4.74 Å². The van der Waals surface area contributed by atoms with E-state index in [1.807, 2.05) is 6.07 Å². The van der Waals surface area contributed by atoms with Gasteiger partial charge in [0.15, 0.2) is 0 Å². The van der Waals surface area contributed by atoms with Crippen molar-refractivity contribution in [1.82, 2.24) is 9.88 Å². The van der Waals surface area contributed by atoms with Crippen LogP contribution < -0.4 is 5.32 Å². The molecule has 22 heavy (non-hydrogen) atoms. The Morgan fingerprint density at radius 2 is 1.86 bits per heavy atom. The highest BCUT2D eigenvalue weighted by Crippen LogP contribution is 2.19. The van der Waals surface area contributed by atoms with Gasteiger partial charge < -0.3 is 19.7 Å². The van der Waals surface area contributed by atoms with Gasteiger partial charge in [-0.15, -0.1) is 0 Å². The van der Waals surface area contributed by atoms with Gasteiger partial charge >= 0.3 is 0 Å². The van der Waals surface area contributed by atoms with Crippen LogP contribution in [-0.2, 0) is 17.8 Å². The van der Waals surface area contributed by atoms with Gasteiger partial charge in [-0.05, 0) is 17.2 Å². The van der Waals surface area contributed by atoms with Crippen LogP contribution in [0.25, 0.3) is 0 Å². The van der Waals surface area contributed by atoms with Crippen LogP contribution in [0, 0.1) is 0 Å². The van der Waals surface area contributed by atoms with Crippen molar-refractivity contribution in [2.75, 3.05) is 19.8 Å². The Balaban J connectivity index is 1.47. The fourth-order valence-electron chi connectivity index (χ4n) is 2.86. The topological polar surface area (TPSA) is 46.4 Å². The zero-order chi connectivity index (χ0) is 15.3. The van der Waals surface area contributed by atoms with Gasteiger partial charge in [0, 0.05) is 58.1 Å². The lowest BCUT2D eigenvalue weighted by Gasteiger charge is -2.32. The summed E-state index contributed by atoms with van der Waals surface area (Å²) in [6, 6.07) is 12.6. The molecule has 1 fully saturated rings. The third kappa shape index (κ3) is 4.19. The Bertz CT molecular complexity index is 574. The summed E-state index contributed by atoms with van der Waals surface area (Å²) in [5, 5.41) is 13.8.